The van der Waals surface area contributed by atoms with Crippen molar-refractivity contribution >= 4 is 11.8 Å². The van der Waals surface area contributed by atoms with Crippen molar-refractivity contribution in [2.75, 3.05) is 13.2 Å². The number of para-hydroxylation sites is 1. The third-order valence-corrected chi connectivity index (χ3v) is 2.74. The Morgan fingerprint density at radius 1 is 1.29 bits per heavy atom. The first kappa shape index (κ1) is 16.6. The van der Waals surface area contributed by atoms with Gasteiger partial charge in [-0.1, -0.05) is 38.0 Å². The molecule has 0 saturated carbocycles. The lowest BCUT2D eigenvalue weighted by molar-refractivity contribution is -0.130. The van der Waals surface area contributed by atoms with Gasteiger partial charge in [0.15, 0.2) is 6.61 Å². The summed E-state index contributed by atoms with van der Waals surface area (Å²) in [5.74, 6) is 2.22. The van der Waals surface area contributed by atoms with E-state index in [2.05, 4.69) is 16.6 Å². The molecular formula is C16H20N2O3. The van der Waals surface area contributed by atoms with Crippen LogP contribution < -0.4 is 15.4 Å². The van der Waals surface area contributed by atoms with E-state index in [9.17, 15) is 9.59 Å². The van der Waals surface area contributed by atoms with Crippen LogP contribution in [0.2, 0.25) is 0 Å². The van der Waals surface area contributed by atoms with Crippen LogP contribution in [0.4, 0.5) is 0 Å². The first-order chi connectivity index (χ1) is 10.0. The van der Waals surface area contributed by atoms with Gasteiger partial charge >= 0.3 is 0 Å². The van der Waals surface area contributed by atoms with Crippen molar-refractivity contribution in [2.45, 2.75) is 19.9 Å². The molecule has 1 unspecified atom stereocenters. The number of amides is 2. The highest BCUT2D eigenvalue weighted by Gasteiger charge is 2.23. The Morgan fingerprint density at radius 3 is 2.52 bits per heavy atom. The molecule has 0 fully saturated rings. The van der Waals surface area contributed by atoms with Gasteiger partial charge in [-0.15, -0.1) is 6.42 Å². The molecule has 1 aromatic carbocycles. The lowest BCUT2D eigenvalue weighted by atomic mass is 10.0. The van der Waals surface area contributed by atoms with Crippen molar-refractivity contribution in [1.82, 2.24) is 10.6 Å². The first-order valence-corrected chi connectivity index (χ1v) is 6.73. The summed E-state index contributed by atoms with van der Waals surface area (Å²) < 4.78 is 5.33. The normalized spacial score (nSPS) is 11.3. The van der Waals surface area contributed by atoms with Crippen molar-refractivity contribution in [2.24, 2.45) is 5.92 Å². The van der Waals surface area contributed by atoms with Gasteiger partial charge in [-0.2, -0.15) is 0 Å². The maximum atomic E-state index is 11.9. The van der Waals surface area contributed by atoms with Gasteiger partial charge in [-0.25, -0.2) is 0 Å². The SMILES string of the molecule is C#CCNC(=O)C(NC(=O)COc1ccccc1)C(C)C. The predicted molar refractivity (Wildman–Crippen MR) is 80.5 cm³/mol. The van der Waals surface area contributed by atoms with E-state index in [4.69, 9.17) is 11.2 Å². The Bertz CT molecular complexity index is 506. The third kappa shape index (κ3) is 6.00. The van der Waals surface area contributed by atoms with Crippen LogP contribution in [-0.4, -0.2) is 31.0 Å². The highest BCUT2D eigenvalue weighted by Crippen LogP contribution is 2.08. The average Bonchev–Trinajstić information content (AvgIpc) is 2.49. The number of ether oxygens (including phenoxy) is 1. The van der Waals surface area contributed by atoms with E-state index in [0.29, 0.717) is 5.75 Å². The molecule has 0 aliphatic rings. The standard InChI is InChI=1S/C16H20N2O3/c1-4-10-17-16(20)15(12(2)3)18-14(19)11-21-13-8-6-5-7-9-13/h1,5-9,12,15H,10-11H2,2-3H3,(H,17,20)(H,18,19). The highest BCUT2D eigenvalue weighted by atomic mass is 16.5. The second-order valence-corrected chi connectivity index (χ2v) is 4.81. The van der Waals surface area contributed by atoms with Gasteiger partial charge in [0.05, 0.1) is 6.54 Å². The number of carbonyl (C=O) groups excluding carboxylic acids is 2. The van der Waals surface area contributed by atoms with Crippen molar-refractivity contribution < 1.29 is 14.3 Å². The van der Waals surface area contributed by atoms with Gasteiger partial charge < -0.3 is 15.4 Å². The van der Waals surface area contributed by atoms with Gasteiger partial charge in [0.25, 0.3) is 5.91 Å². The zero-order chi connectivity index (χ0) is 15.7. The quantitative estimate of drug-likeness (QED) is 0.734. The minimum Gasteiger partial charge on any atom is -0.484 e. The van der Waals surface area contributed by atoms with Gasteiger partial charge in [0.1, 0.15) is 11.8 Å². The van der Waals surface area contributed by atoms with E-state index in [-0.39, 0.29) is 30.9 Å². The van der Waals surface area contributed by atoms with Gasteiger partial charge in [0, 0.05) is 0 Å². The maximum absolute atomic E-state index is 11.9. The minimum absolute atomic E-state index is 0.0524. The molecule has 21 heavy (non-hydrogen) atoms. The Kier molecular flexibility index (Phi) is 6.82. The van der Waals surface area contributed by atoms with E-state index in [1.54, 1.807) is 12.1 Å². The summed E-state index contributed by atoms with van der Waals surface area (Å²) in [4.78, 5) is 23.7. The molecule has 1 aromatic rings. The molecule has 0 bridgehead atoms. The Balaban J connectivity index is 2.49. The molecule has 0 heterocycles. The zero-order valence-corrected chi connectivity index (χ0v) is 12.3. The molecule has 1 rings (SSSR count). The van der Waals surface area contributed by atoms with Crippen LogP contribution >= 0.6 is 0 Å². The van der Waals surface area contributed by atoms with Gasteiger partial charge in [-0.05, 0) is 18.1 Å². The molecule has 0 aliphatic heterocycles. The number of hydrogen-bond acceptors (Lipinski definition) is 3. The van der Waals surface area contributed by atoms with Crippen molar-refractivity contribution in [3.8, 4) is 18.1 Å². The molecule has 5 heteroatoms. The molecule has 0 aromatic heterocycles. The fourth-order valence-corrected chi connectivity index (χ4v) is 1.66. The van der Waals surface area contributed by atoms with Crippen LogP contribution in [0, 0.1) is 18.3 Å². The number of nitrogens with one attached hydrogen (secondary N) is 2. The number of terminal acetylenes is 1. The molecule has 2 N–H and O–H groups in total. The number of carbonyl (C=O) groups is 2. The largest absolute Gasteiger partial charge is 0.484 e. The number of hydrogen-bond donors (Lipinski definition) is 2. The van der Waals surface area contributed by atoms with Gasteiger partial charge in [0.2, 0.25) is 5.91 Å². The maximum Gasteiger partial charge on any atom is 0.258 e. The van der Waals surface area contributed by atoms with E-state index < -0.39 is 6.04 Å². The summed E-state index contributed by atoms with van der Waals surface area (Å²) in [5, 5.41) is 5.21. The molecule has 0 saturated heterocycles. The predicted octanol–water partition coefficient (Wildman–Crippen LogP) is 0.956. The van der Waals surface area contributed by atoms with E-state index in [1.165, 1.54) is 0 Å². The average molecular weight is 288 g/mol. The fourth-order valence-electron chi connectivity index (χ4n) is 1.66. The molecular weight excluding hydrogens is 268 g/mol. The first-order valence-electron chi connectivity index (χ1n) is 6.73. The molecule has 112 valence electrons. The van der Waals surface area contributed by atoms with Crippen LogP contribution in [0.3, 0.4) is 0 Å². The van der Waals surface area contributed by atoms with Crippen LogP contribution in [0.5, 0.6) is 5.75 Å². The smallest absolute Gasteiger partial charge is 0.258 e. The third-order valence-electron chi connectivity index (χ3n) is 2.74. The van der Waals surface area contributed by atoms with Crippen molar-refractivity contribution in [1.29, 1.82) is 0 Å². The fraction of sp³-hybridized carbons (Fsp3) is 0.375. The van der Waals surface area contributed by atoms with E-state index in [1.807, 2.05) is 32.0 Å². The second kappa shape index (κ2) is 8.64. The Labute approximate surface area is 125 Å². The monoisotopic (exact) mass is 288 g/mol. The number of benzene rings is 1. The lowest BCUT2D eigenvalue weighted by Gasteiger charge is -2.21. The Morgan fingerprint density at radius 2 is 1.95 bits per heavy atom. The van der Waals surface area contributed by atoms with E-state index >= 15 is 0 Å². The van der Waals surface area contributed by atoms with Crippen LogP contribution in [0.15, 0.2) is 30.3 Å². The molecule has 2 amide bonds. The highest BCUT2D eigenvalue weighted by molar-refractivity contribution is 5.88. The summed E-state index contributed by atoms with van der Waals surface area (Å²) in [5.41, 5.74) is 0. The summed E-state index contributed by atoms with van der Waals surface area (Å²) in [6, 6.07) is 8.37. The summed E-state index contributed by atoms with van der Waals surface area (Å²) in [6.07, 6.45) is 5.09. The van der Waals surface area contributed by atoms with Crippen LogP contribution in [0.25, 0.3) is 0 Å². The zero-order valence-electron chi connectivity index (χ0n) is 12.3. The number of rotatable bonds is 7. The van der Waals surface area contributed by atoms with Crippen molar-refractivity contribution in [3.05, 3.63) is 30.3 Å². The Hall–Kier alpha value is -2.48. The summed E-state index contributed by atoms with van der Waals surface area (Å²) in [6.45, 7) is 3.69. The van der Waals surface area contributed by atoms with Crippen LogP contribution in [0.1, 0.15) is 13.8 Å². The van der Waals surface area contributed by atoms with E-state index in [0.717, 1.165) is 0 Å². The molecule has 5 nitrogen and oxygen atoms in total. The summed E-state index contributed by atoms with van der Waals surface area (Å²) in [7, 11) is 0. The molecule has 1 atom stereocenters. The minimum atomic E-state index is -0.634. The summed E-state index contributed by atoms with van der Waals surface area (Å²) >= 11 is 0. The molecule has 0 aliphatic carbocycles. The second-order valence-electron chi connectivity index (χ2n) is 4.81. The van der Waals surface area contributed by atoms with Crippen LogP contribution in [-0.2, 0) is 9.59 Å². The molecule has 0 spiro atoms. The van der Waals surface area contributed by atoms with Crippen molar-refractivity contribution in [3.63, 3.8) is 0 Å². The topological polar surface area (TPSA) is 67.4 Å². The van der Waals surface area contributed by atoms with Gasteiger partial charge in [-0.3, -0.25) is 9.59 Å². The lowest BCUT2D eigenvalue weighted by Crippen LogP contribution is -2.50. The molecule has 0 radical (unpaired) electrons.